The number of morpholine rings is 1. The number of ether oxygens (including phenoxy) is 1. The highest BCUT2D eigenvalue weighted by Gasteiger charge is 2.26. The summed E-state index contributed by atoms with van der Waals surface area (Å²) in [6.07, 6.45) is 2.78. The molecule has 1 aromatic carbocycles. The van der Waals surface area contributed by atoms with Gasteiger partial charge in [0.1, 0.15) is 12.4 Å². The molecule has 0 spiro atoms. The average molecular weight is 334 g/mol. The molecule has 2 saturated heterocycles. The standard InChI is InChI=1S/C18H23FN2O3/c19-16-5-3-15(4-6-16)14-2-1-8-20(9-7-14)17(22)12-21-10-11-24-13-18(21)23/h3-6,14H,1-2,7-13H2/t14-/m1/s1. The van der Waals surface area contributed by atoms with E-state index in [9.17, 15) is 14.0 Å². The molecule has 0 unspecified atom stereocenters. The molecule has 2 fully saturated rings. The zero-order chi connectivity index (χ0) is 16.9. The van der Waals surface area contributed by atoms with E-state index >= 15 is 0 Å². The van der Waals surface area contributed by atoms with Gasteiger partial charge in [-0.3, -0.25) is 9.59 Å². The van der Waals surface area contributed by atoms with E-state index < -0.39 is 0 Å². The highest BCUT2D eigenvalue weighted by molar-refractivity contribution is 5.85. The Morgan fingerprint density at radius 2 is 1.96 bits per heavy atom. The molecule has 0 bridgehead atoms. The molecule has 3 rings (SSSR count). The van der Waals surface area contributed by atoms with Crippen molar-refractivity contribution in [3.05, 3.63) is 35.6 Å². The molecular weight excluding hydrogens is 311 g/mol. The predicted molar refractivity (Wildman–Crippen MR) is 87.0 cm³/mol. The van der Waals surface area contributed by atoms with Gasteiger partial charge in [0, 0.05) is 19.6 Å². The van der Waals surface area contributed by atoms with Crippen molar-refractivity contribution < 1.29 is 18.7 Å². The first kappa shape index (κ1) is 16.9. The number of carbonyl (C=O) groups is 2. The molecule has 0 aliphatic carbocycles. The first-order chi connectivity index (χ1) is 11.6. The summed E-state index contributed by atoms with van der Waals surface area (Å²) in [6, 6.07) is 6.66. The third-order valence-electron chi connectivity index (χ3n) is 4.83. The lowest BCUT2D eigenvalue weighted by molar-refractivity contribution is -0.148. The number of benzene rings is 1. The molecule has 24 heavy (non-hydrogen) atoms. The molecule has 1 atom stereocenters. The van der Waals surface area contributed by atoms with Crippen LogP contribution in [0.4, 0.5) is 4.39 Å². The van der Waals surface area contributed by atoms with Crippen LogP contribution >= 0.6 is 0 Å². The first-order valence-corrected chi connectivity index (χ1v) is 8.52. The van der Waals surface area contributed by atoms with Gasteiger partial charge < -0.3 is 14.5 Å². The zero-order valence-electron chi connectivity index (χ0n) is 13.7. The summed E-state index contributed by atoms with van der Waals surface area (Å²) >= 11 is 0. The molecule has 6 heteroatoms. The van der Waals surface area contributed by atoms with Crippen LogP contribution in [0, 0.1) is 5.82 Å². The smallest absolute Gasteiger partial charge is 0.249 e. The largest absolute Gasteiger partial charge is 0.370 e. The van der Waals surface area contributed by atoms with Gasteiger partial charge in [0.25, 0.3) is 0 Å². The number of carbonyl (C=O) groups excluding carboxylic acids is 2. The number of amides is 2. The Labute approximate surface area is 141 Å². The minimum Gasteiger partial charge on any atom is -0.370 e. The summed E-state index contributed by atoms with van der Waals surface area (Å²) in [5, 5.41) is 0. The van der Waals surface area contributed by atoms with Gasteiger partial charge in [-0.2, -0.15) is 0 Å². The van der Waals surface area contributed by atoms with Gasteiger partial charge in [0.2, 0.25) is 11.8 Å². The Bertz CT molecular complexity index is 590. The number of hydrogen-bond donors (Lipinski definition) is 0. The van der Waals surface area contributed by atoms with Crippen molar-refractivity contribution in [2.75, 3.05) is 39.4 Å². The number of likely N-dealkylation sites (tertiary alicyclic amines) is 1. The van der Waals surface area contributed by atoms with E-state index in [1.165, 1.54) is 12.1 Å². The van der Waals surface area contributed by atoms with E-state index in [1.54, 1.807) is 4.90 Å². The molecule has 130 valence electrons. The molecule has 2 heterocycles. The Kier molecular flexibility index (Phi) is 5.45. The summed E-state index contributed by atoms with van der Waals surface area (Å²) in [4.78, 5) is 27.7. The van der Waals surface area contributed by atoms with Crippen molar-refractivity contribution in [3.8, 4) is 0 Å². The van der Waals surface area contributed by atoms with Crippen LogP contribution in [0.3, 0.4) is 0 Å². The molecule has 5 nitrogen and oxygen atoms in total. The van der Waals surface area contributed by atoms with Crippen molar-refractivity contribution in [3.63, 3.8) is 0 Å². The summed E-state index contributed by atoms with van der Waals surface area (Å²) in [6.45, 7) is 2.58. The van der Waals surface area contributed by atoms with Crippen LogP contribution in [0.15, 0.2) is 24.3 Å². The Balaban J connectivity index is 1.55. The second-order valence-electron chi connectivity index (χ2n) is 6.43. The van der Waals surface area contributed by atoms with Crippen LogP contribution in [0.25, 0.3) is 0 Å². The van der Waals surface area contributed by atoms with Crippen LogP contribution in [0.2, 0.25) is 0 Å². The lowest BCUT2D eigenvalue weighted by Gasteiger charge is -2.29. The van der Waals surface area contributed by atoms with Gasteiger partial charge in [-0.25, -0.2) is 4.39 Å². The van der Waals surface area contributed by atoms with Gasteiger partial charge in [0.15, 0.2) is 0 Å². The van der Waals surface area contributed by atoms with Crippen LogP contribution in [-0.2, 0) is 14.3 Å². The third kappa shape index (κ3) is 4.12. The fourth-order valence-corrected chi connectivity index (χ4v) is 3.39. The normalized spacial score (nSPS) is 22.4. The van der Waals surface area contributed by atoms with Crippen molar-refractivity contribution >= 4 is 11.8 Å². The van der Waals surface area contributed by atoms with Crippen molar-refractivity contribution in [1.82, 2.24) is 9.80 Å². The molecule has 0 N–H and O–H groups in total. The molecule has 1 aromatic rings. The maximum Gasteiger partial charge on any atom is 0.249 e. The third-order valence-corrected chi connectivity index (χ3v) is 4.83. The highest BCUT2D eigenvalue weighted by atomic mass is 19.1. The monoisotopic (exact) mass is 334 g/mol. The number of halogens is 1. The molecule has 0 radical (unpaired) electrons. The van der Waals surface area contributed by atoms with E-state index in [-0.39, 0.29) is 30.8 Å². The zero-order valence-corrected chi connectivity index (χ0v) is 13.7. The topological polar surface area (TPSA) is 49.9 Å². The fraction of sp³-hybridized carbons (Fsp3) is 0.556. The van der Waals surface area contributed by atoms with Gasteiger partial charge in [-0.15, -0.1) is 0 Å². The second-order valence-corrected chi connectivity index (χ2v) is 6.43. The van der Waals surface area contributed by atoms with Crippen LogP contribution in [-0.4, -0.2) is 61.0 Å². The molecule has 0 saturated carbocycles. The lowest BCUT2D eigenvalue weighted by atomic mass is 9.92. The minimum absolute atomic E-state index is 0.00464. The number of rotatable bonds is 3. The average Bonchev–Trinajstić information content (AvgIpc) is 2.84. The van der Waals surface area contributed by atoms with Crippen LogP contribution < -0.4 is 0 Å². The minimum atomic E-state index is -0.223. The molecule has 0 aromatic heterocycles. The van der Waals surface area contributed by atoms with Crippen LogP contribution in [0.5, 0.6) is 0 Å². The van der Waals surface area contributed by atoms with Gasteiger partial charge in [0.05, 0.1) is 13.2 Å². The van der Waals surface area contributed by atoms with E-state index in [4.69, 9.17) is 4.74 Å². The molecule has 2 amide bonds. The quantitative estimate of drug-likeness (QED) is 0.847. The van der Waals surface area contributed by atoms with Crippen molar-refractivity contribution in [2.24, 2.45) is 0 Å². The molecule has 2 aliphatic rings. The maximum atomic E-state index is 13.1. The molecular formula is C18H23FN2O3. The van der Waals surface area contributed by atoms with E-state index in [0.29, 0.717) is 25.6 Å². The summed E-state index contributed by atoms with van der Waals surface area (Å²) in [7, 11) is 0. The summed E-state index contributed by atoms with van der Waals surface area (Å²) in [5.74, 6) is 0.0198. The van der Waals surface area contributed by atoms with Gasteiger partial charge in [-0.05, 0) is 42.9 Å². The Morgan fingerprint density at radius 3 is 2.71 bits per heavy atom. The van der Waals surface area contributed by atoms with Crippen LogP contribution in [0.1, 0.15) is 30.7 Å². The van der Waals surface area contributed by atoms with Crippen molar-refractivity contribution in [1.29, 1.82) is 0 Å². The summed E-state index contributed by atoms with van der Waals surface area (Å²) in [5.41, 5.74) is 1.13. The van der Waals surface area contributed by atoms with Gasteiger partial charge >= 0.3 is 0 Å². The maximum absolute atomic E-state index is 13.1. The van der Waals surface area contributed by atoms with E-state index in [1.807, 2.05) is 17.0 Å². The fourth-order valence-electron chi connectivity index (χ4n) is 3.39. The lowest BCUT2D eigenvalue weighted by Crippen LogP contribution is -2.48. The van der Waals surface area contributed by atoms with E-state index in [2.05, 4.69) is 0 Å². The Hall–Kier alpha value is -1.95. The highest BCUT2D eigenvalue weighted by Crippen LogP contribution is 2.28. The Morgan fingerprint density at radius 1 is 1.17 bits per heavy atom. The second kappa shape index (κ2) is 7.75. The van der Waals surface area contributed by atoms with Crippen molar-refractivity contribution in [2.45, 2.75) is 25.2 Å². The number of nitrogens with zero attached hydrogens (tertiary/aromatic N) is 2. The first-order valence-electron chi connectivity index (χ1n) is 8.52. The van der Waals surface area contributed by atoms with Gasteiger partial charge in [-0.1, -0.05) is 12.1 Å². The summed E-state index contributed by atoms with van der Waals surface area (Å²) < 4.78 is 18.1. The molecule has 2 aliphatic heterocycles. The van der Waals surface area contributed by atoms with E-state index in [0.717, 1.165) is 31.4 Å². The number of hydrogen-bond acceptors (Lipinski definition) is 3. The predicted octanol–water partition coefficient (Wildman–Crippen LogP) is 1.78. The SMILES string of the molecule is O=C(CN1CCOCC1=O)N1CCC[C@@H](c2ccc(F)cc2)CC1.